The van der Waals surface area contributed by atoms with Gasteiger partial charge in [-0.25, -0.2) is 4.98 Å². The van der Waals surface area contributed by atoms with Crippen molar-refractivity contribution < 1.29 is 15.0 Å². The molecule has 0 aliphatic carbocycles. The molecule has 5 heteroatoms. The highest BCUT2D eigenvalue weighted by atomic mass is 16.4. The molecular weight excluding hydrogens is 196 g/mol. The largest absolute Gasteiger partial charge is 0.481 e. The van der Waals surface area contributed by atoms with Gasteiger partial charge >= 0.3 is 5.97 Å². The molecule has 0 saturated heterocycles. The molecule has 5 nitrogen and oxygen atoms in total. The average Bonchev–Trinajstić information content (AvgIpc) is 2.26. The summed E-state index contributed by atoms with van der Waals surface area (Å²) in [4.78, 5) is 14.7. The Bertz CT molecular complexity index is 324. The Kier molecular flexibility index (Phi) is 4.05. The van der Waals surface area contributed by atoms with E-state index in [9.17, 15) is 4.79 Å². The number of carboxylic acid groups (broad SMARTS) is 1. The van der Waals surface area contributed by atoms with Crippen molar-refractivity contribution >= 4 is 11.8 Å². The lowest BCUT2D eigenvalue weighted by molar-refractivity contribution is -0.138. The summed E-state index contributed by atoms with van der Waals surface area (Å²) in [6.07, 6.45) is 1.53. The van der Waals surface area contributed by atoms with Crippen molar-refractivity contribution in [1.29, 1.82) is 0 Å². The molecule has 15 heavy (non-hydrogen) atoms. The topological polar surface area (TPSA) is 82.5 Å². The van der Waals surface area contributed by atoms with E-state index in [0.717, 1.165) is 0 Å². The number of rotatable bonds is 5. The Labute approximate surface area is 87.8 Å². The third kappa shape index (κ3) is 3.21. The maximum atomic E-state index is 10.7. The van der Waals surface area contributed by atoms with Crippen LogP contribution in [0.4, 0.5) is 5.82 Å². The van der Waals surface area contributed by atoms with Crippen molar-refractivity contribution in [2.45, 2.75) is 12.8 Å². The number of carboxylic acids is 1. The number of pyridine rings is 1. The van der Waals surface area contributed by atoms with Gasteiger partial charge in [0.1, 0.15) is 5.82 Å². The van der Waals surface area contributed by atoms with Gasteiger partial charge in [-0.1, -0.05) is 6.07 Å². The van der Waals surface area contributed by atoms with E-state index in [1.54, 1.807) is 19.1 Å². The lowest BCUT2D eigenvalue weighted by Crippen LogP contribution is -2.09. The monoisotopic (exact) mass is 210 g/mol. The second-order valence-corrected chi connectivity index (χ2v) is 3.19. The summed E-state index contributed by atoms with van der Waals surface area (Å²) >= 11 is 0. The summed E-state index contributed by atoms with van der Waals surface area (Å²) in [6, 6.07) is 3.41. The van der Waals surface area contributed by atoms with Gasteiger partial charge in [-0.15, -0.1) is 0 Å². The van der Waals surface area contributed by atoms with Gasteiger partial charge in [-0.2, -0.15) is 0 Å². The van der Waals surface area contributed by atoms with E-state index in [1.165, 1.54) is 6.20 Å². The first-order chi connectivity index (χ1) is 7.15. The van der Waals surface area contributed by atoms with Gasteiger partial charge in [-0.3, -0.25) is 4.79 Å². The number of nitrogens with zero attached hydrogens (tertiary/aromatic N) is 1. The van der Waals surface area contributed by atoms with Crippen molar-refractivity contribution in [2.75, 3.05) is 18.5 Å². The van der Waals surface area contributed by atoms with Crippen LogP contribution >= 0.6 is 0 Å². The van der Waals surface area contributed by atoms with Gasteiger partial charge in [0.25, 0.3) is 0 Å². The molecule has 82 valence electrons. The Balaban J connectivity index is 2.67. The number of nitrogens with one attached hydrogen (secondary N) is 1. The minimum atomic E-state index is -0.868. The molecule has 0 aromatic carbocycles. The molecule has 0 fully saturated rings. The minimum absolute atomic E-state index is 0.0367. The van der Waals surface area contributed by atoms with Crippen LogP contribution in [0.2, 0.25) is 0 Å². The third-order valence-corrected chi connectivity index (χ3v) is 2.07. The minimum Gasteiger partial charge on any atom is -0.481 e. The number of carbonyl (C=O) groups is 1. The van der Waals surface area contributed by atoms with Crippen LogP contribution in [0.25, 0.3) is 0 Å². The molecule has 0 spiro atoms. The predicted molar refractivity (Wildman–Crippen MR) is 55.9 cm³/mol. The Morgan fingerprint density at radius 1 is 1.60 bits per heavy atom. The van der Waals surface area contributed by atoms with Crippen LogP contribution in [0.5, 0.6) is 0 Å². The van der Waals surface area contributed by atoms with E-state index in [2.05, 4.69) is 10.3 Å². The number of hydrogen-bond donors (Lipinski definition) is 3. The Hall–Kier alpha value is -1.62. The van der Waals surface area contributed by atoms with E-state index in [4.69, 9.17) is 10.2 Å². The summed E-state index contributed by atoms with van der Waals surface area (Å²) in [7, 11) is 0. The first kappa shape index (κ1) is 11.5. The first-order valence-corrected chi connectivity index (χ1v) is 4.68. The summed E-state index contributed by atoms with van der Waals surface area (Å²) in [5.74, 6) is -0.789. The lowest BCUT2D eigenvalue weighted by atomic mass is 10.0. The highest BCUT2D eigenvalue weighted by Gasteiger charge is 2.13. The fraction of sp³-hybridized carbons (Fsp3) is 0.400. The van der Waals surface area contributed by atoms with E-state index >= 15 is 0 Å². The van der Waals surface area contributed by atoms with Gasteiger partial charge in [0.15, 0.2) is 0 Å². The molecule has 0 aliphatic heterocycles. The molecule has 1 aromatic rings. The van der Waals surface area contributed by atoms with Gasteiger partial charge < -0.3 is 15.5 Å². The summed E-state index contributed by atoms with van der Waals surface area (Å²) < 4.78 is 0. The van der Waals surface area contributed by atoms with Crippen molar-refractivity contribution in [3.63, 3.8) is 0 Å². The van der Waals surface area contributed by atoms with Crippen molar-refractivity contribution in [1.82, 2.24) is 4.98 Å². The standard InChI is InChI=1S/C10H14N2O3/c1-7(10(14)15)8-2-3-9(12-6-8)11-4-5-13/h2-3,6-7,13H,4-5H2,1H3,(H,11,12)(H,14,15)/t7-/m0/s1. The van der Waals surface area contributed by atoms with Crippen LogP contribution in [0.15, 0.2) is 18.3 Å². The van der Waals surface area contributed by atoms with E-state index in [0.29, 0.717) is 17.9 Å². The van der Waals surface area contributed by atoms with Gasteiger partial charge in [0.2, 0.25) is 0 Å². The predicted octanol–water partition coefficient (Wildman–Crippen LogP) is 0.674. The second-order valence-electron chi connectivity index (χ2n) is 3.19. The molecular formula is C10H14N2O3. The van der Waals surface area contributed by atoms with Crippen LogP contribution < -0.4 is 5.32 Å². The zero-order valence-corrected chi connectivity index (χ0v) is 8.47. The molecule has 3 N–H and O–H groups in total. The number of aliphatic hydroxyl groups excluding tert-OH is 1. The quantitative estimate of drug-likeness (QED) is 0.665. The maximum Gasteiger partial charge on any atom is 0.310 e. The molecule has 0 saturated carbocycles. The highest BCUT2D eigenvalue weighted by molar-refractivity contribution is 5.75. The van der Waals surface area contributed by atoms with Crippen LogP contribution in [-0.4, -0.2) is 34.3 Å². The Morgan fingerprint density at radius 2 is 2.33 bits per heavy atom. The van der Waals surface area contributed by atoms with Crippen molar-refractivity contribution in [3.8, 4) is 0 Å². The SMILES string of the molecule is C[C@H](C(=O)O)c1ccc(NCCO)nc1. The molecule has 1 aromatic heterocycles. The van der Waals surface area contributed by atoms with Crippen molar-refractivity contribution in [3.05, 3.63) is 23.9 Å². The zero-order chi connectivity index (χ0) is 11.3. The van der Waals surface area contributed by atoms with Crippen LogP contribution in [0.3, 0.4) is 0 Å². The van der Waals surface area contributed by atoms with Crippen LogP contribution in [0.1, 0.15) is 18.4 Å². The van der Waals surface area contributed by atoms with Gasteiger partial charge in [-0.05, 0) is 18.6 Å². The number of aliphatic hydroxyl groups is 1. The van der Waals surface area contributed by atoms with E-state index < -0.39 is 11.9 Å². The molecule has 0 aliphatic rings. The molecule has 0 unspecified atom stereocenters. The normalized spacial score (nSPS) is 12.1. The fourth-order valence-electron chi connectivity index (χ4n) is 1.09. The summed E-state index contributed by atoms with van der Waals surface area (Å²) in [5.41, 5.74) is 0.664. The van der Waals surface area contributed by atoms with Gasteiger partial charge in [0.05, 0.1) is 12.5 Å². The number of anilines is 1. The summed E-state index contributed by atoms with van der Waals surface area (Å²) in [5, 5.41) is 20.2. The smallest absolute Gasteiger partial charge is 0.310 e. The molecule has 1 heterocycles. The fourth-order valence-corrected chi connectivity index (χ4v) is 1.09. The Morgan fingerprint density at radius 3 is 2.80 bits per heavy atom. The average molecular weight is 210 g/mol. The number of aromatic nitrogens is 1. The summed E-state index contributed by atoms with van der Waals surface area (Å²) in [6.45, 7) is 2.08. The number of hydrogen-bond acceptors (Lipinski definition) is 4. The van der Waals surface area contributed by atoms with Crippen LogP contribution in [-0.2, 0) is 4.79 Å². The van der Waals surface area contributed by atoms with Gasteiger partial charge in [0, 0.05) is 12.7 Å². The second kappa shape index (κ2) is 5.31. The third-order valence-electron chi connectivity index (χ3n) is 2.07. The highest BCUT2D eigenvalue weighted by Crippen LogP contribution is 2.15. The zero-order valence-electron chi connectivity index (χ0n) is 8.47. The van der Waals surface area contributed by atoms with Crippen molar-refractivity contribution in [2.24, 2.45) is 0 Å². The molecule has 1 rings (SSSR count). The van der Waals surface area contributed by atoms with E-state index in [1.807, 2.05) is 0 Å². The van der Waals surface area contributed by atoms with E-state index in [-0.39, 0.29) is 6.61 Å². The first-order valence-electron chi connectivity index (χ1n) is 4.68. The molecule has 1 atom stereocenters. The number of aliphatic carboxylic acids is 1. The molecule has 0 amide bonds. The molecule has 0 bridgehead atoms. The lowest BCUT2D eigenvalue weighted by Gasteiger charge is -2.07. The maximum absolute atomic E-state index is 10.7. The van der Waals surface area contributed by atoms with Crippen LogP contribution in [0, 0.1) is 0 Å². The molecule has 0 radical (unpaired) electrons.